The predicted octanol–water partition coefficient (Wildman–Crippen LogP) is 7.00. The third kappa shape index (κ3) is 6.39. The summed E-state index contributed by atoms with van der Waals surface area (Å²) in [6, 6.07) is 15.4. The molecule has 0 fully saturated rings. The van der Waals surface area contributed by atoms with Gasteiger partial charge >= 0.3 is 0 Å². The van der Waals surface area contributed by atoms with Crippen molar-refractivity contribution < 1.29 is 4.79 Å². The molecule has 0 bridgehead atoms. The van der Waals surface area contributed by atoms with Gasteiger partial charge in [0.15, 0.2) is 0 Å². The molecule has 0 spiro atoms. The number of nitrogens with zero attached hydrogens (tertiary/aromatic N) is 3. The molecule has 0 aliphatic rings. The van der Waals surface area contributed by atoms with Gasteiger partial charge in [0.25, 0.3) is 5.56 Å². The summed E-state index contributed by atoms with van der Waals surface area (Å²) in [5.41, 5.74) is 2.61. The number of hydrogen-bond acceptors (Lipinski definition) is 3. The molecule has 5 nitrogen and oxygen atoms in total. The first-order chi connectivity index (χ1) is 17.0. The van der Waals surface area contributed by atoms with Crippen molar-refractivity contribution in [3.8, 4) is 5.69 Å². The molecule has 1 atom stereocenters. The van der Waals surface area contributed by atoms with E-state index in [9.17, 15) is 9.59 Å². The van der Waals surface area contributed by atoms with Crippen molar-refractivity contribution in [3.05, 3.63) is 70.3 Å². The highest BCUT2D eigenvalue weighted by Gasteiger charge is 2.28. The third-order valence-corrected chi connectivity index (χ3v) is 6.78. The lowest BCUT2D eigenvalue weighted by Crippen LogP contribution is -2.39. The molecule has 3 rings (SSSR count). The topological polar surface area (TPSA) is 55.2 Å². The zero-order chi connectivity index (χ0) is 25.2. The Morgan fingerprint density at radius 2 is 1.60 bits per heavy atom. The first-order valence-corrected chi connectivity index (χ1v) is 13.5. The average Bonchev–Trinajstić information content (AvgIpc) is 2.88. The first-order valence-electron chi connectivity index (χ1n) is 13.5. The maximum atomic E-state index is 13.8. The SMILES string of the molecule is CCCCCC(=O)N(CCCCC)C(CC)c1nc2ccccc2c(=O)n1-c1ccc(CC)cc1. The Morgan fingerprint density at radius 1 is 0.914 bits per heavy atom. The van der Waals surface area contributed by atoms with Gasteiger partial charge in [-0.15, -0.1) is 0 Å². The van der Waals surface area contributed by atoms with Crippen LogP contribution in [0.15, 0.2) is 53.3 Å². The van der Waals surface area contributed by atoms with Gasteiger partial charge in [0.2, 0.25) is 5.91 Å². The fourth-order valence-electron chi connectivity index (χ4n) is 4.70. The summed E-state index contributed by atoms with van der Waals surface area (Å²) in [6.07, 6.45) is 8.33. The van der Waals surface area contributed by atoms with E-state index < -0.39 is 0 Å². The number of unbranched alkanes of at least 4 members (excludes halogenated alkanes) is 4. The van der Waals surface area contributed by atoms with Gasteiger partial charge in [-0.05, 0) is 55.5 Å². The molecule has 3 aromatic rings. The van der Waals surface area contributed by atoms with Crippen LogP contribution in [0.5, 0.6) is 0 Å². The predicted molar refractivity (Wildman–Crippen MR) is 145 cm³/mol. The van der Waals surface area contributed by atoms with E-state index in [1.807, 2.05) is 41.3 Å². The number of fused-ring (bicyclic) bond motifs is 1. The van der Waals surface area contributed by atoms with E-state index in [-0.39, 0.29) is 17.5 Å². The average molecular weight is 476 g/mol. The lowest BCUT2D eigenvalue weighted by Gasteiger charge is -2.32. The second kappa shape index (κ2) is 13.2. The van der Waals surface area contributed by atoms with Crippen LogP contribution in [0.1, 0.15) is 96.5 Å². The smallest absolute Gasteiger partial charge is 0.266 e. The molecule has 0 N–H and O–H groups in total. The molecule has 1 heterocycles. The molecule has 1 unspecified atom stereocenters. The summed E-state index contributed by atoms with van der Waals surface area (Å²) in [4.78, 5) is 34.3. The van der Waals surface area contributed by atoms with Crippen molar-refractivity contribution in [2.45, 2.75) is 91.5 Å². The molecular weight excluding hydrogens is 434 g/mol. The third-order valence-electron chi connectivity index (χ3n) is 6.78. The zero-order valence-corrected chi connectivity index (χ0v) is 21.9. The van der Waals surface area contributed by atoms with Gasteiger partial charge < -0.3 is 4.90 Å². The molecule has 35 heavy (non-hydrogen) atoms. The minimum absolute atomic E-state index is 0.0831. The summed E-state index contributed by atoms with van der Waals surface area (Å²) in [6.45, 7) is 9.22. The fraction of sp³-hybridized carbons (Fsp3) is 0.500. The maximum Gasteiger partial charge on any atom is 0.266 e. The highest BCUT2D eigenvalue weighted by molar-refractivity contribution is 5.79. The Balaban J connectivity index is 2.16. The zero-order valence-electron chi connectivity index (χ0n) is 21.9. The number of amides is 1. The highest BCUT2D eigenvalue weighted by atomic mass is 16.2. The van der Waals surface area contributed by atoms with Gasteiger partial charge in [0.1, 0.15) is 5.82 Å². The van der Waals surface area contributed by atoms with Crippen LogP contribution in [-0.4, -0.2) is 26.9 Å². The van der Waals surface area contributed by atoms with E-state index >= 15 is 0 Å². The summed E-state index contributed by atoms with van der Waals surface area (Å²) < 4.78 is 1.74. The van der Waals surface area contributed by atoms with Crippen molar-refractivity contribution in [1.29, 1.82) is 0 Å². The first kappa shape index (κ1) is 26.7. The van der Waals surface area contributed by atoms with E-state index in [0.717, 1.165) is 50.6 Å². The molecule has 0 aliphatic carbocycles. The van der Waals surface area contributed by atoms with Crippen LogP contribution in [-0.2, 0) is 11.2 Å². The lowest BCUT2D eigenvalue weighted by molar-refractivity contribution is -0.134. The number of benzene rings is 2. The van der Waals surface area contributed by atoms with Crippen LogP contribution in [0, 0.1) is 0 Å². The van der Waals surface area contributed by atoms with Gasteiger partial charge in [-0.25, -0.2) is 4.98 Å². The van der Waals surface area contributed by atoms with Crippen LogP contribution >= 0.6 is 0 Å². The minimum atomic E-state index is -0.260. The van der Waals surface area contributed by atoms with Gasteiger partial charge in [-0.2, -0.15) is 0 Å². The monoisotopic (exact) mass is 475 g/mol. The van der Waals surface area contributed by atoms with E-state index in [0.29, 0.717) is 36.1 Å². The van der Waals surface area contributed by atoms with E-state index in [1.165, 1.54) is 5.56 Å². The number of hydrogen-bond donors (Lipinski definition) is 0. The highest BCUT2D eigenvalue weighted by Crippen LogP contribution is 2.27. The molecule has 0 saturated carbocycles. The van der Waals surface area contributed by atoms with Gasteiger partial charge in [-0.3, -0.25) is 14.2 Å². The number of carbonyl (C=O) groups is 1. The molecule has 1 aromatic heterocycles. The van der Waals surface area contributed by atoms with Crippen LogP contribution in [0.2, 0.25) is 0 Å². The Labute approximate surface area is 210 Å². The molecule has 188 valence electrons. The largest absolute Gasteiger partial charge is 0.333 e. The molecule has 5 heteroatoms. The standard InChI is InChI=1S/C30H41N3O2/c1-5-9-11-17-28(34)32(22-14-10-6-2)27(8-4)29-31-26-16-13-12-15-25(26)30(35)33(29)24-20-18-23(7-3)19-21-24/h12-13,15-16,18-21,27H,5-11,14,17,22H2,1-4H3. The number of rotatable bonds is 13. The van der Waals surface area contributed by atoms with Crippen LogP contribution in [0.4, 0.5) is 0 Å². The Hall–Kier alpha value is -2.95. The number of carbonyl (C=O) groups excluding carboxylic acids is 1. The van der Waals surface area contributed by atoms with E-state index in [1.54, 1.807) is 4.57 Å². The fourth-order valence-corrected chi connectivity index (χ4v) is 4.70. The Bertz CT molecular complexity index is 1150. The Morgan fingerprint density at radius 3 is 2.26 bits per heavy atom. The second-order valence-electron chi connectivity index (χ2n) is 9.32. The molecule has 0 saturated heterocycles. The van der Waals surface area contributed by atoms with Crippen LogP contribution in [0.25, 0.3) is 16.6 Å². The van der Waals surface area contributed by atoms with E-state index in [4.69, 9.17) is 4.98 Å². The maximum absolute atomic E-state index is 13.8. The van der Waals surface area contributed by atoms with Crippen LogP contribution in [0.3, 0.4) is 0 Å². The van der Waals surface area contributed by atoms with Gasteiger partial charge in [0, 0.05) is 13.0 Å². The molecular formula is C30H41N3O2. The van der Waals surface area contributed by atoms with Crippen molar-refractivity contribution in [2.75, 3.05) is 6.54 Å². The normalized spacial score (nSPS) is 12.1. The molecule has 0 aliphatic heterocycles. The quantitative estimate of drug-likeness (QED) is 0.250. The number of aryl methyl sites for hydroxylation is 1. The second-order valence-corrected chi connectivity index (χ2v) is 9.32. The molecule has 0 radical (unpaired) electrons. The lowest BCUT2D eigenvalue weighted by atomic mass is 10.1. The molecule has 1 amide bonds. The van der Waals surface area contributed by atoms with Crippen molar-refractivity contribution in [2.24, 2.45) is 0 Å². The van der Waals surface area contributed by atoms with E-state index in [2.05, 4.69) is 39.8 Å². The summed E-state index contributed by atoms with van der Waals surface area (Å²) in [5, 5.41) is 0.595. The van der Waals surface area contributed by atoms with Crippen molar-refractivity contribution >= 4 is 16.8 Å². The minimum Gasteiger partial charge on any atom is -0.333 e. The number of aromatic nitrogens is 2. The molecule has 2 aromatic carbocycles. The van der Waals surface area contributed by atoms with Gasteiger partial charge in [0.05, 0.1) is 22.6 Å². The van der Waals surface area contributed by atoms with Crippen LogP contribution < -0.4 is 5.56 Å². The summed E-state index contributed by atoms with van der Waals surface area (Å²) >= 11 is 0. The Kier molecular flexibility index (Phi) is 10.1. The van der Waals surface area contributed by atoms with Crippen molar-refractivity contribution in [3.63, 3.8) is 0 Å². The van der Waals surface area contributed by atoms with Gasteiger partial charge in [-0.1, -0.05) is 77.6 Å². The summed E-state index contributed by atoms with van der Waals surface area (Å²) in [7, 11) is 0. The summed E-state index contributed by atoms with van der Waals surface area (Å²) in [5.74, 6) is 0.817. The van der Waals surface area contributed by atoms with Crippen molar-refractivity contribution in [1.82, 2.24) is 14.5 Å². The number of para-hydroxylation sites is 1.